The van der Waals surface area contributed by atoms with Gasteiger partial charge in [0.1, 0.15) is 24.8 Å². The fourth-order valence-electron chi connectivity index (χ4n) is 3.23. The predicted molar refractivity (Wildman–Crippen MR) is 112 cm³/mol. The average Bonchev–Trinajstić information content (AvgIpc) is 3.30. The fraction of sp³-hybridized carbons (Fsp3) is 0.350. The SMILES string of the molecule is O=C(CSc1nnc(C2CC2)n1Cc1ccco1)Nc1cc2c(cc1Cl)OCCO2. The zero-order valence-electron chi connectivity index (χ0n) is 16.0. The number of hydrogen-bond acceptors (Lipinski definition) is 7. The third-order valence-corrected chi connectivity index (χ3v) is 6.10. The highest BCUT2D eigenvalue weighted by atomic mass is 35.5. The van der Waals surface area contributed by atoms with E-state index in [-0.39, 0.29) is 11.7 Å². The van der Waals surface area contributed by atoms with E-state index in [0.717, 1.165) is 24.4 Å². The Balaban J connectivity index is 1.27. The van der Waals surface area contributed by atoms with Crippen LogP contribution in [0.15, 0.2) is 40.1 Å². The highest BCUT2D eigenvalue weighted by Crippen LogP contribution is 2.40. The standard InChI is InChI=1S/C20H19ClN4O4S/c21-14-8-16-17(29-7-6-28-16)9-15(14)22-18(26)11-30-20-24-23-19(12-3-4-12)25(20)10-13-2-1-5-27-13/h1-2,5,8-9,12H,3-4,6-7,10-11H2,(H,22,26). The van der Waals surface area contributed by atoms with Gasteiger partial charge in [0, 0.05) is 18.1 Å². The zero-order valence-corrected chi connectivity index (χ0v) is 17.5. The summed E-state index contributed by atoms with van der Waals surface area (Å²) in [4.78, 5) is 12.5. The molecule has 1 amide bonds. The van der Waals surface area contributed by atoms with E-state index in [1.165, 1.54) is 11.8 Å². The molecule has 2 aliphatic rings. The van der Waals surface area contributed by atoms with Gasteiger partial charge in [-0.2, -0.15) is 0 Å². The molecule has 1 aromatic carbocycles. The van der Waals surface area contributed by atoms with Crippen LogP contribution in [0.3, 0.4) is 0 Å². The van der Waals surface area contributed by atoms with Crippen LogP contribution in [-0.4, -0.2) is 39.6 Å². The summed E-state index contributed by atoms with van der Waals surface area (Å²) in [6.45, 7) is 1.49. The summed E-state index contributed by atoms with van der Waals surface area (Å²) in [7, 11) is 0. The summed E-state index contributed by atoms with van der Waals surface area (Å²) in [6.07, 6.45) is 3.88. The van der Waals surface area contributed by atoms with Crippen LogP contribution in [0, 0.1) is 0 Å². The summed E-state index contributed by atoms with van der Waals surface area (Å²) in [5.41, 5.74) is 0.488. The van der Waals surface area contributed by atoms with Gasteiger partial charge in [0.15, 0.2) is 16.7 Å². The Bertz CT molecular complexity index is 1070. The summed E-state index contributed by atoms with van der Waals surface area (Å²) < 4.78 is 18.6. The lowest BCUT2D eigenvalue weighted by molar-refractivity contribution is -0.113. The van der Waals surface area contributed by atoms with E-state index in [0.29, 0.717) is 53.0 Å². The van der Waals surface area contributed by atoms with Crippen molar-refractivity contribution in [1.29, 1.82) is 0 Å². The van der Waals surface area contributed by atoms with Gasteiger partial charge in [-0.25, -0.2) is 0 Å². The van der Waals surface area contributed by atoms with Crippen molar-refractivity contribution in [3.8, 4) is 11.5 Å². The minimum atomic E-state index is -0.195. The lowest BCUT2D eigenvalue weighted by Crippen LogP contribution is -2.18. The molecule has 2 aromatic heterocycles. The molecular formula is C20H19ClN4O4S. The Morgan fingerprint density at radius 3 is 2.77 bits per heavy atom. The van der Waals surface area contributed by atoms with Crippen molar-refractivity contribution in [2.45, 2.75) is 30.5 Å². The van der Waals surface area contributed by atoms with Gasteiger partial charge in [0.05, 0.1) is 29.3 Å². The molecule has 30 heavy (non-hydrogen) atoms. The van der Waals surface area contributed by atoms with Crippen LogP contribution >= 0.6 is 23.4 Å². The molecule has 10 heteroatoms. The number of nitrogens with zero attached hydrogens (tertiary/aromatic N) is 3. The van der Waals surface area contributed by atoms with Crippen LogP contribution in [0.1, 0.15) is 30.3 Å². The minimum Gasteiger partial charge on any atom is -0.486 e. The lowest BCUT2D eigenvalue weighted by Gasteiger charge is -2.20. The van der Waals surface area contributed by atoms with E-state index < -0.39 is 0 Å². The highest BCUT2D eigenvalue weighted by Gasteiger charge is 2.31. The van der Waals surface area contributed by atoms with Crippen LogP contribution in [0.25, 0.3) is 0 Å². The number of benzene rings is 1. The van der Waals surface area contributed by atoms with E-state index in [1.54, 1.807) is 18.4 Å². The number of nitrogens with one attached hydrogen (secondary N) is 1. The van der Waals surface area contributed by atoms with E-state index in [1.807, 2.05) is 16.7 Å². The molecule has 156 valence electrons. The number of carbonyl (C=O) groups is 1. The normalized spacial score (nSPS) is 15.2. The average molecular weight is 447 g/mol. The fourth-order valence-corrected chi connectivity index (χ4v) is 4.18. The molecule has 0 spiro atoms. The van der Waals surface area contributed by atoms with Crippen LogP contribution in [-0.2, 0) is 11.3 Å². The van der Waals surface area contributed by atoms with Gasteiger partial charge in [-0.15, -0.1) is 10.2 Å². The van der Waals surface area contributed by atoms with Gasteiger partial charge in [0.2, 0.25) is 5.91 Å². The van der Waals surface area contributed by atoms with Crippen molar-refractivity contribution in [1.82, 2.24) is 14.8 Å². The van der Waals surface area contributed by atoms with Gasteiger partial charge in [-0.05, 0) is 25.0 Å². The predicted octanol–water partition coefficient (Wildman–Crippen LogP) is 3.95. The monoisotopic (exact) mass is 446 g/mol. The molecule has 0 bridgehead atoms. The molecular weight excluding hydrogens is 428 g/mol. The van der Waals surface area contributed by atoms with Crippen molar-refractivity contribution in [2.24, 2.45) is 0 Å². The number of thioether (sulfide) groups is 1. The number of aromatic nitrogens is 3. The zero-order chi connectivity index (χ0) is 20.5. The molecule has 1 N–H and O–H groups in total. The maximum absolute atomic E-state index is 12.5. The molecule has 0 unspecified atom stereocenters. The first-order valence-electron chi connectivity index (χ1n) is 9.64. The number of fused-ring (bicyclic) bond motifs is 1. The van der Waals surface area contributed by atoms with Crippen molar-refractivity contribution in [3.05, 3.63) is 47.1 Å². The maximum Gasteiger partial charge on any atom is 0.234 e. The minimum absolute atomic E-state index is 0.172. The number of carbonyl (C=O) groups excluding carboxylic acids is 1. The van der Waals surface area contributed by atoms with E-state index in [4.69, 9.17) is 25.5 Å². The van der Waals surface area contributed by atoms with E-state index in [9.17, 15) is 4.79 Å². The quantitative estimate of drug-likeness (QED) is 0.549. The molecule has 0 radical (unpaired) electrons. The summed E-state index contributed by atoms with van der Waals surface area (Å²) >= 11 is 7.61. The molecule has 1 saturated carbocycles. The smallest absolute Gasteiger partial charge is 0.234 e. The van der Waals surface area contributed by atoms with Crippen molar-refractivity contribution >= 4 is 35.0 Å². The van der Waals surface area contributed by atoms with Crippen LogP contribution in [0.4, 0.5) is 5.69 Å². The number of rotatable bonds is 7. The Kier molecular flexibility index (Phi) is 5.30. The molecule has 3 aromatic rings. The van der Waals surface area contributed by atoms with E-state index >= 15 is 0 Å². The first-order valence-corrected chi connectivity index (χ1v) is 11.0. The number of anilines is 1. The molecule has 0 saturated heterocycles. The van der Waals surface area contributed by atoms with Gasteiger partial charge >= 0.3 is 0 Å². The summed E-state index contributed by atoms with van der Waals surface area (Å²) in [6, 6.07) is 7.11. The molecule has 1 aliphatic heterocycles. The molecule has 3 heterocycles. The van der Waals surface area contributed by atoms with Crippen LogP contribution < -0.4 is 14.8 Å². The molecule has 0 atom stereocenters. The van der Waals surface area contributed by atoms with Gasteiger partial charge in [0.25, 0.3) is 0 Å². The number of hydrogen-bond donors (Lipinski definition) is 1. The van der Waals surface area contributed by atoms with Crippen LogP contribution in [0.2, 0.25) is 5.02 Å². The van der Waals surface area contributed by atoms with Crippen molar-refractivity contribution < 1.29 is 18.7 Å². The Labute approximate surface area is 181 Å². The molecule has 1 aliphatic carbocycles. The topological polar surface area (TPSA) is 91.4 Å². The highest BCUT2D eigenvalue weighted by molar-refractivity contribution is 7.99. The van der Waals surface area contributed by atoms with Crippen molar-refractivity contribution in [2.75, 3.05) is 24.3 Å². The second-order valence-corrected chi connectivity index (χ2v) is 8.44. The Morgan fingerprint density at radius 2 is 2.03 bits per heavy atom. The van der Waals surface area contributed by atoms with Crippen molar-refractivity contribution in [3.63, 3.8) is 0 Å². The second-order valence-electron chi connectivity index (χ2n) is 7.09. The summed E-state index contributed by atoms with van der Waals surface area (Å²) in [5, 5.41) is 12.6. The molecule has 8 nitrogen and oxygen atoms in total. The van der Waals surface area contributed by atoms with Gasteiger partial charge < -0.3 is 19.2 Å². The van der Waals surface area contributed by atoms with Gasteiger partial charge in [-0.1, -0.05) is 23.4 Å². The second kappa shape index (κ2) is 8.23. The lowest BCUT2D eigenvalue weighted by atomic mass is 10.2. The molecule has 1 fully saturated rings. The largest absolute Gasteiger partial charge is 0.486 e. The number of amides is 1. The Morgan fingerprint density at radius 1 is 1.23 bits per heavy atom. The maximum atomic E-state index is 12.5. The van der Waals surface area contributed by atoms with Gasteiger partial charge in [-0.3, -0.25) is 9.36 Å². The summed E-state index contributed by atoms with van der Waals surface area (Å²) in [5.74, 6) is 3.34. The third-order valence-electron chi connectivity index (χ3n) is 4.82. The number of furan rings is 1. The number of halogens is 1. The van der Waals surface area contributed by atoms with E-state index in [2.05, 4.69) is 15.5 Å². The molecule has 5 rings (SSSR count). The first kappa shape index (κ1) is 19.3. The first-order chi connectivity index (χ1) is 14.7. The third kappa shape index (κ3) is 4.13. The number of ether oxygens (including phenoxy) is 2. The van der Waals surface area contributed by atoms with Crippen LogP contribution in [0.5, 0.6) is 11.5 Å². The Hall–Kier alpha value is -2.65.